The molecule has 0 atom stereocenters. The number of aromatic hydroxyl groups is 2. The van der Waals surface area contributed by atoms with Crippen molar-refractivity contribution in [3.8, 4) is 11.5 Å². The van der Waals surface area contributed by atoms with Gasteiger partial charge in [0, 0.05) is 29.3 Å². The molecular formula is C15H13N3O5. The van der Waals surface area contributed by atoms with Gasteiger partial charge in [-0.1, -0.05) is 0 Å². The van der Waals surface area contributed by atoms with Crippen LogP contribution >= 0.6 is 0 Å². The predicted molar refractivity (Wildman–Crippen MR) is 82.5 cm³/mol. The molecule has 0 saturated heterocycles. The first kappa shape index (κ1) is 16.0. The van der Waals surface area contributed by atoms with Gasteiger partial charge in [0.1, 0.15) is 11.5 Å². The fourth-order valence-corrected chi connectivity index (χ4v) is 1.82. The van der Waals surface area contributed by atoms with Gasteiger partial charge in [-0.3, -0.25) is 14.9 Å². The quantitative estimate of drug-likeness (QED) is 0.453. The molecule has 2 aromatic carbocycles. The van der Waals surface area contributed by atoms with E-state index < -0.39 is 10.8 Å². The average Bonchev–Trinajstić information content (AvgIpc) is 2.52. The zero-order valence-corrected chi connectivity index (χ0v) is 12.1. The number of carbonyl (C=O) groups is 1. The molecule has 0 aliphatic carbocycles. The van der Waals surface area contributed by atoms with E-state index in [-0.39, 0.29) is 22.7 Å². The van der Waals surface area contributed by atoms with E-state index in [1.165, 1.54) is 36.4 Å². The molecule has 118 valence electrons. The number of amides is 1. The number of carbonyl (C=O) groups excluding carboxylic acids is 1. The van der Waals surface area contributed by atoms with Crippen LogP contribution in [-0.2, 0) is 0 Å². The second-order valence-electron chi connectivity index (χ2n) is 4.64. The van der Waals surface area contributed by atoms with Gasteiger partial charge in [-0.25, -0.2) is 5.43 Å². The molecule has 0 aromatic heterocycles. The Morgan fingerprint density at radius 2 is 1.83 bits per heavy atom. The third kappa shape index (κ3) is 3.82. The van der Waals surface area contributed by atoms with Crippen molar-refractivity contribution >= 4 is 17.3 Å². The van der Waals surface area contributed by atoms with E-state index in [0.29, 0.717) is 11.3 Å². The van der Waals surface area contributed by atoms with Crippen molar-refractivity contribution in [1.29, 1.82) is 0 Å². The Labute approximate surface area is 130 Å². The highest BCUT2D eigenvalue weighted by Gasteiger charge is 2.10. The van der Waals surface area contributed by atoms with Gasteiger partial charge >= 0.3 is 0 Å². The van der Waals surface area contributed by atoms with Gasteiger partial charge in [0.15, 0.2) is 0 Å². The minimum absolute atomic E-state index is 0.0889. The molecule has 0 fully saturated rings. The second kappa shape index (κ2) is 6.56. The maximum atomic E-state index is 11.9. The van der Waals surface area contributed by atoms with Crippen molar-refractivity contribution in [1.82, 2.24) is 5.43 Å². The Bertz CT molecular complexity index is 784. The molecule has 0 radical (unpaired) electrons. The van der Waals surface area contributed by atoms with Crippen LogP contribution in [0.3, 0.4) is 0 Å². The normalized spacial score (nSPS) is 11.1. The first-order chi connectivity index (χ1) is 10.9. The summed E-state index contributed by atoms with van der Waals surface area (Å²) in [6.45, 7) is 1.57. The van der Waals surface area contributed by atoms with E-state index >= 15 is 0 Å². The second-order valence-corrected chi connectivity index (χ2v) is 4.64. The maximum Gasteiger partial charge on any atom is 0.271 e. The molecule has 0 saturated carbocycles. The van der Waals surface area contributed by atoms with E-state index in [1.807, 2.05) is 0 Å². The van der Waals surface area contributed by atoms with Crippen LogP contribution < -0.4 is 5.43 Å². The lowest BCUT2D eigenvalue weighted by Gasteiger charge is -2.05. The Kier molecular flexibility index (Phi) is 4.55. The molecular weight excluding hydrogens is 302 g/mol. The summed E-state index contributed by atoms with van der Waals surface area (Å²) in [6, 6.07) is 9.07. The Morgan fingerprint density at radius 3 is 2.39 bits per heavy atom. The molecule has 2 rings (SSSR count). The number of nitrogens with zero attached hydrogens (tertiary/aromatic N) is 2. The number of hydrogen-bond acceptors (Lipinski definition) is 6. The smallest absolute Gasteiger partial charge is 0.271 e. The number of non-ortho nitro benzene ring substituents is 1. The topological polar surface area (TPSA) is 125 Å². The molecule has 0 aliphatic rings. The summed E-state index contributed by atoms with van der Waals surface area (Å²) in [6.07, 6.45) is 0. The van der Waals surface area contributed by atoms with Gasteiger partial charge in [0.2, 0.25) is 0 Å². The number of nitro groups is 1. The lowest BCUT2D eigenvalue weighted by atomic mass is 10.1. The third-order valence-corrected chi connectivity index (χ3v) is 3.04. The summed E-state index contributed by atoms with van der Waals surface area (Å²) in [5.41, 5.74) is 3.07. The summed E-state index contributed by atoms with van der Waals surface area (Å²) in [7, 11) is 0. The van der Waals surface area contributed by atoms with Crippen LogP contribution in [0.2, 0.25) is 0 Å². The van der Waals surface area contributed by atoms with Gasteiger partial charge in [-0.05, 0) is 31.2 Å². The molecule has 8 nitrogen and oxygen atoms in total. The van der Waals surface area contributed by atoms with Gasteiger partial charge in [0.05, 0.1) is 10.6 Å². The number of nitrogens with one attached hydrogen (secondary N) is 1. The summed E-state index contributed by atoms with van der Waals surface area (Å²) < 4.78 is 0. The van der Waals surface area contributed by atoms with Crippen molar-refractivity contribution in [2.75, 3.05) is 0 Å². The predicted octanol–water partition coefficient (Wildman–Crippen LogP) is 2.16. The van der Waals surface area contributed by atoms with Crippen LogP contribution in [0.1, 0.15) is 22.8 Å². The van der Waals surface area contributed by atoms with E-state index in [1.54, 1.807) is 6.92 Å². The van der Waals surface area contributed by atoms with Crippen LogP contribution in [0, 0.1) is 10.1 Å². The molecule has 0 spiro atoms. The highest BCUT2D eigenvalue weighted by Crippen LogP contribution is 2.23. The van der Waals surface area contributed by atoms with Crippen molar-refractivity contribution in [2.24, 2.45) is 5.10 Å². The number of benzene rings is 2. The molecule has 2 aromatic rings. The van der Waals surface area contributed by atoms with E-state index in [0.717, 1.165) is 6.07 Å². The zero-order chi connectivity index (χ0) is 17.0. The minimum Gasteiger partial charge on any atom is -0.508 e. The molecule has 3 N–H and O–H groups in total. The van der Waals surface area contributed by atoms with E-state index in [4.69, 9.17) is 0 Å². The van der Waals surface area contributed by atoms with Crippen molar-refractivity contribution in [3.63, 3.8) is 0 Å². The van der Waals surface area contributed by atoms with Crippen LogP contribution in [0.15, 0.2) is 47.6 Å². The fraction of sp³-hybridized carbons (Fsp3) is 0.0667. The Balaban J connectivity index is 2.12. The molecule has 1 amide bonds. The summed E-state index contributed by atoms with van der Waals surface area (Å²) in [4.78, 5) is 21.9. The summed E-state index contributed by atoms with van der Waals surface area (Å²) in [5.74, 6) is -0.803. The maximum absolute atomic E-state index is 11.9. The van der Waals surface area contributed by atoms with Gasteiger partial charge < -0.3 is 10.2 Å². The molecule has 0 unspecified atom stereocenters. The Morgan fingerprint density at radius 1 is 1.17 bits per heavy atom. The number of hydrogen-bond donors (Lipinski definition) is 3. The van der Waals surface area contributed by atoms with Gasteiger partial charge in [-0.2, -0.15) is 5.10 Å². The first-order valence-electron chi connectivity index (χ1n) is 6.50. The van der Waals surface area contributed by atoms with Crippen LogP contribution in [0.25, 0.3) is 0 Å². The SMILES string of the molecule is C/C(=N/NC(=O)c1ccc([N+](=O)[O-])cc1)c1ccc(O)cc1O. The highest BCUT2D eigenvalue weighted by atomic mass is 16.6. The third-order valence-electron chi connectivity index (χ3n) is 3.04. The lowest BCUT2D eigenvalue weighted by Crippen LogP contribution is -2.19. The van der Waals surface area contributed by atoms with Crippen LogP contribution in [0.4, 0.5) is 5.69 Å². The van der Waals surface area contributed by atoms with Crippen LogP contribution in [0.5, 0.6) is 11.5 Å². The number of phenolic OH excluding ortho intramolecular Hbond substituents is 2. The molecule has 23 heavy (non-hydrogen) atoms. The summed E-state index contributed by atoms with van der Waals surface area (Å²) >= 11 is 0. The Hall–Kier alpha value is -3.42. The average molecular weight is 315 g/mol. The summed E-state index contributed by atoms with van der Waals surface area (Å²) in [5, 5.41) is 33.4. The van der Waals surface area contributed by atoms with Crippen LogP contribution in [-0.4, -0.2) is 26.8 Å². The van der Waals surface area contributed by atoms with Crippen molar-refractivity contribution in [3.05, 3.63) is 63.7 Å². The van der Waals surface area contributed by atoms with Gasteiger partial charge in [0.25, 0.3) is 11.6 Å². The molecule has 8 heteroatoms. The largest absolute Gasteiger partial charge is 0.508 e. The standard InChI is InChI=1S/C15H13N3O5/c1-9(13-7-6-12(19)8-14(13)20)16-17-15(21)10-2-4-11(5-3-10)18(22)23/h2-8,19-20H,1H3,(H,17,21)/b16-9-. The fourth-order valence-electron chi connectivity index (χ4n) is 1.82. The minimum atomic E-state index is -0.558. The highest BCUT2D eigenvalue weighted by molar-refractivity contribution is 6.02. The number of hydrazone groups is 1. The van der Waals surface area contributed by atoms with E-state index in [9.17, 15) is 25.1 Å². The first-order valence-corrected chi connectivity index (χ1v) is 6.50. The molecule has 0 aliphatic heterocycles. The zero-order valence-electron chi connectivity index (χ0n) is 12.1. The number of phenols is 2. The number of rotatable bonds is 4. The van der Waals surface area contributed by atoms with Crippen molar-refractivity contribution < 1.29 is 19.9 Å². The molecule has 0 heterocycles. The van der Waals surface area contributed by atoms with Crippen molar-refractivity contribution in [2.45, 2.75) is 6.92 Å². The van der Waals surface area contributed by atoms with Gasteiger partial charge in [-0.15, -0.1) is 0 Å². The lowest BCUT2D eigenvalue weighted by molar-refractivity contribution is -0.384. The monoisotopic (exact) mass is 315 g/mol. The molecule has 0 bridgehead atoms. The number of nitro benzene ring substituents is 1. The van der Waals surface area contributed by atoms with E-state index in [2.05, 4.69) is 10.5 Å².